The summed E-state index contributed by atoms with van der Waals surface area (Å²) in [6.07, 6.45) is 2.96. The number of amides is 1. The molecule has 0 bridgehead atoms. The zero-order chi connectivity index (χ0) is 27.1. The lowest BCUT2D eigenvalue weighted by molar-refractivity contribution is 0.155. The Morgan fingerprint density at radius 1 is 1.15 bits per heavy atom. The van der Waals surface area contributed by atoms with Crippen LogP contribution in [0.15, 0.2) is 36.4 Å². The highest BCUT2D eigenvalue weighted by atomic mass is 35.5. The number of rotatable bonds is 6. The number of likely N-dealkylation sites (tertiary alicyclic amines) is 2. The van der Waals surface area contributed by atoms with E-state index in [9.17, 15) is 9.90 Å². The van der Waals surface area contributed by atoms with Crippen LogP contribution >= 0.6 is 11.6 Å². The Morgan fingerprint density at radius 2 is 1.97 bits per heavy atom. The molecule has 9 nitrogen and oxygen atoms in total. The number of carboxylic acid groups (broad SMARTS) is 1. The van der Waals surface area contributed by atoms with Gasteiger partial charge in [-0.25, -0.2) is 4.79 Å². The third kappa shape index (κ3) is 5.05. The number of fused-ring (bicyclic) bond motifs is 2. The number of carbonyl (C=O) groups is 1. The van der Waals surface area contributed by atoms with Gasteiger partial charge in [-0.1, -0.05) is 35.9 Å². The van der Waals surface area contributed by atoms with Gasteiger partial charge in [0.1, 0.15) is 12.4 Å². The fourth-order valence-electron chi connectivity index (χ4n) is 6.26. The third-order valence-electron chi connectivity index (χ3n) is 8.59. The zero-order valence-corrected chi connectivity index (χ0v) is 23.3. The summed E-state index contributed by atoms with van der Waals surface area (Å²) >= 11 is 6.67. The molecule has 6 rings (SSSR count). The van der Waals surface area contributed by atoms with Crippen molar-refractivity contribution in [2.24, 2.45) is 0 Å². The van der Waals surface area contributed by atoms with Crippen molar-refractivity contribution in [3.63, 3.8) is 0 Å². The van der Waals surface area contributed by atoms with Gasteiger partial charge in [0, 0.05) is 55.4 Å². The minimum atomic E-state index is -0.871. The van der Waals surface area contributed by atoms with E-state index in [1.165, 1.54) is 11.3 Å². The van der Waals surface area contributed by atoms with Gasteiger partial charge in [0.25, 0.3) is 0 Å². The van der Waals surface area contributed by atoms with Crippen molar-refractivity contribution in [3.8, 4) is 6.01 Å². The maximum Gasteiger partial charge on any atom is 0.407 e. The van der Waals surface area contributed by atoms with E-state index in [4.69, 9.17) is 26.3 Å². The van der Waals surface area contributed by atoms with E-state index in [1.54, 1.807) is 0 Å². The van der Waals surface area contributed by atoms with Gasteiger partial charge in [-0.15, -0.1) is 0 Å². The lowest BCUT2D eigenvalue weighted by atomic mass is 10.0. The first-order chi connectivity index (χ1) is 18.9. The molecule has 2 aromatic carbocycles. The van der Waals surface area contributed by atoms with Gasteiger partial charge in [-0.05, 0) is 56.8 Å². The summed E-state index contributed by atoms with van der Waals surface area (Å²) in [4.78, 5) is 29.7. The molecule has 0 unspecified atom stereocenters. The first-order valence-electron chi connectivity index (χ1n) is 13.7. The van der Waals surface area contributed by atoms with E-state index in [2.05, 4.69) is 46.0 Å². The van der Waals surface area contributed by atoms with Crippen LogP contribution in [0.1, 0.15) is 30.5 Å². The first kappa shape index (κ1) is 26.0. The lowest BCUT2D eigenvalue weighted by Gasteiger charge is -2.35. The van der Waals surface area contributed by atoms with Crippen molar-refractivity contribution < 1.29 is 14.6 Å². The van der Waals surface area contributed by atoms with E-state index in [1.807, 2.05) is 19.2 Å². The van der Waals surface area contributed by atoms with Crippen molar-refractivity contribution in [1.29, 1.82) is 0 Å². The van der Waals surface area contributed by atoms with Crippen LogP contribution in [0, 0.1) is 0 Å². The van der Waals surface area contributed by atoms with Crippen LogP contribution in [0.3, 0.4) is 0 Å². The molecular formula is C29H35ClN6O3. The molecule has 0 saturated carbocycles. The minimum absolute atomic E-state index is 0.0591. The second-order valence-electron chi connectivity index (χ2n) is 10.9. The fourth-order valence-corrected chi connectivity index (χ4v) is 6.53. The lowest BCUT2D eigenvalue weighted by Crippen LogP contribution is -2.39. The predicted octanol–water partition coefficient (Wildman–Crippen LogP) is 4.51. The Bertz CT molecular complexity index is 1380. The monoisotopic (exact) mass is 550 g/mol. The van der Waals surface area contributed by atoms with Crippen LogP contribution in [-0.2, 0) is 13.0 Å². The molecule has 206 valence electrons. The molecule has 3 aromatic rings. The van der Waals surface area contributed by atoms with Crippen molar-refractivity contribution in [1.82, 2.24) is 19.8 Å². The SMILES string of the molecule is CN1CCC[C@H]1COc1nc2c(c(N(C)[C@@H]3CCN(C(=O)O)C3)n1)CCN(c1cccc3cccc(Cl)c13)C2. The van der Waals surface area contributed by atoms with Gasteiger partial charge in [-0.3, -0.25) is 0 Å². The summed E-state index contributed by atoms with van der Waals surface area (Å²) in [6.45, 7) is 4.06. The molecular weight excluding hydrogens is 516 g/mol. The number of hydrogen-bond donors (Lipinski definition) is 1. The summed E-state index contributed by atoms with van der Waals surface area (Å²) in [6, 6.07) is 13.1. The molecule has 3 aliphatic rings. The number of ether oxygens (including phenoxy) is 1. The molecule has 3 aliphatic heterocycles. The summed E-state index contributed by atoms with van der Waals surface area (Å²) in [5, 5.41) is 12.4. The van der Waals surface area contributed by atoms with Crippen molar-refractivity contribution in [3.05, 3.63) is 52.7 Å². The van der Waals surface area contributed by atoms with Gasteiger partial charge >= 0.3 is 12.1 Å². The highest BCUT2D eigenvalue weighted by Gasteiger charge is 2.33. The second kappa shape index (κ2) is 10.7. The van der Waals surface area contributed by atoms with Gasteiger partial charge < -0.3 is 29.4 Å². The molecule has 0 aliphatic carbocycles. The van der Waals surface area contributed by atoms with Crippen molar-refractivity contribution in [2.45, 2.75) is 44.3 Å². The highest BCUT2D eigenvalue weighted by molar-refractivity contribution is 6.36. The molecule has 0 radical (unpaired) electrons. The molecule has 4 heterocycles. The maximum atomic E-state index is 11.6. The van der Waals surface area contributed by atoms with Gasteiger partial charge in [-0.2, -0.15) is 9.97 Å². The Kier molecular flexibility index (Phi) is 7.12. The fraction of sp³-hybridized carbons (Fsp3) is 0.483. The largest absolute Gasteiger partial charge is 0.465 e. The highest BCUT2D eigenvalue weighted by Crippen LogP contribution is 2.37. The van der Waals surface area contributed by atoms with Crippen LogP contribution in [0.2, 0.25) is 5.02 Å². The van der Waals surface area contributed by atoms with Gasteiger partial charge in [0.05, 0.1) is 17.3 Å². The average Bonchev–Trinajstić information content (AvgIpc) is 3.60. The van der Waals surface area contributed by atoms with Crippen LogP contribution in [0.4, 0.5) is 16.3 Å². The molecule has 2 saturated heterocycles. The van der Waals surface area contributed by atoms with Crippen LogP contribution in [0.5, 0.6) is 6.01 Å². The van der Waals surface area contributed by atoms with E-state index in [0.29, 0.717) is 38.3 Å². The van der Waals surface area contributed by atoms with E-state index in [-0.39, 0.29) is 6.04 Å². The van der Waals surface area contributed by atoms with Gasteiger partial charge in [0.15, 0.2) is 0 Å². The van der Waals surface area contributed by atoms with E-state index in [0.717, 1.165) is 70.9 Å². The Hall–Kier alpha value is -3.30. The molecule has 1 N–H and O–H groups in total. The maximum absolute atomic E-state index is 11.6. The number of anilines is 2. The zero-order valence-electron chi connectivity index (χ0n) is 22.5. The molecule has 2 atom stereocenters. The molecule has 0 spiro atoms. The second-order valence-corrected chi connectivity index (χ2v) is 11.3. The summed E-state index contributed by atoms with van der Waals surface area (Å²) in [7, 11) is 4.15. The molecule has 2 fully saturated rings. The normalized spacial score (nSPS) is 21.4. The topological polar surface area (TPSA) is 85.3 Å². The van der Waals surface area contributed by atoms with Crippen LogP contribution in [0.25, 0.3) is 10.8 Å². The number of nitrogens with zero attached hydrogens (tertiary/aromatic N) is 6. The number of hydrogen-bond acceptors (Lipinski definition) is 7. The summed E-state index contributed by atoms with van der Waals surface area (Å²) in [5.41, 5.74) is 3.16. The van der Waals surface area contributed by atoms with Crippen LogP contribution in [-0.4, -0.2) is 89.9 Å². The molecule has 1 aromatic heterocycles. The van der Waals surface area contributed by atoms with E-state index >= 15 is 0 Å². The Labute approximate surface area is 233 Å². The molecule has 39 heavy (non-hydrogen) atoms. The van der Waals surface area contributed by atoms with Crippen molar-refractivity contribution >= 4 is 40.0 Å². The number of likely N-dealkylation sites (N-methyl/N-ethyl adjacent to an activating group) is 2. The number of aromatic nitrogens is 2. The number of halogens is 1. The quantitative estimate of drug-likeness (QED) is 0.480. The minimum Gasteiger partial charge on any atom is -0.465 e. The van der Waals surface area contributed by atoms with Crippen LogP contribution < -0.4 is 14.5 Å². The molecule has 10 heteroatoms. The van der Waals surface area contributed by atoms with E-state index < -0.39 is 6.09 Å². The first-order valence-corrected chi connectivity index (χ1v) is 14.1. The number of benzene rings is 2. The summed E-state index contributed by atoms with van der Waals surface area (Å²) < 4.78 is 6.23. The van der Waals surface area contributed by atoms with Crippen molar-refractivity contribution in [2.75, 3.05) is 56.7 Å². The average molecular weight is 551 g/mol. The van der Waals surface area contributed by atoms with Gasteiger partial charge in [0.2, 0.25) is 0 Å². The standard InChI is InChI=1S/C29H35ClN6O3/c1-33-13-5-8-21(33)18-39-28-31-24-17-35(25-10-4-7-19-6-3-9-23(30)26(19)25)15-12-22(24)27(32-28)34(2)20-11-14-36(16-20)29(37)38/h3-4,6-7,9-10,20-21H,5,8,11-18H2,1-2H3,(H,37,38)/t20-,21+/m1/s1. The predicted molar refractivity (Wildman–Crippen MR) is 153 cm³/mol. The smallest absolute Gasteiger partial charge is 0.407 e. The summed E-state index contributed by atoms with van der Waals surface area (Å²) in [5.74, 6) is 0.850. The third-order valence-corrected chi connectivity index (χ3v) is 8.90. The Balaban J connectivity index is 1.33. The molecule has 1 amide bonds. The Morgan fingerprint density at radius 3 is 2.72 bits per heavy atom.